The summed E-state index contributed by atoms with van der Waals surface area (Å²) < 4.78 is 10.3. The van der Waals surface area contributed by atoms with Gasteiger partial charge in [0.15, 0.2) is 0 Å². The van der Waals surface area contributed by atoms with Crippen LogP contribution in [0.5, 0.6) is 5.75 Å². The second-order valence-electron chi connectivity index (χ2n) is 4.13. The summed E-state index contributed by atoms with van der Waals surface area (Å²) in [7, 11) is 1.55. The molecule has 0 aliphatic rings. The number of carbonyl (C=O) groups excluding carboxylic acids is 1. The molecule has 0 fully saturated rings. The average molecular weight is 257 g/mol. The lowest BCUT2D eigenvalue weighted by Gasteiger charge is -2.12. The van der Waals surface area contributed by atoms with Crippen molar-refractivity contribution in [3.63, 3.8) is 0 Å². The van der Waals surface area contributed by atoms with E-state index in [2.05, 4.69) is 0 Å². The van der Waals surface area contributed by atoms with E-state index in [-0.39, 0.29) is 18.5 Å². The van der Waals surface area contributed by atoms with Gasteiger partial charge in [-0.15, -0.1) is 0 Å². The maximum atomic E-state index is 11.6. The molecule has 94 valence electrons. The Morgan fingerprint density at radius 1 is 1.41 bits per heavy atom. The lowest BCUT2D eigenvalue weighted by Crippen LogP contribution is -2.14. The molecule has 0 heterocycles. The molecule has 1 aromatic rings. The average Bonchev–Trinajstić information content (AvgIpc) is 2.21. The Hall–Kier alpha value is -1.22. The van der Waals surface area contributed by atoms with Crippen molar-refractivity contribution < 1.29 is 14.3 Å². The zero-order valence-corrected chi connectivity index (χ0v) is 11.3. The van der Waals surface area contributed by atoms with Crippen LogP contribution in [0.2, 0.25) is 5.02 Å². The molecule has 0 atom stereocenters. The summed E-state index contributed by atoms with van der Waals surface area (Å²) in [4.78, 5) is 11.6. The Morgan fingerprint density at radius 3 is 2.59 bits per heavy atom. The van der Waals surface area contributed by atoms with Gasteiger partial charge in [0.2, 0.25) is 0 Å². The quantitative estimate of drug-likeness (QED) is 0.777. The number of hydrogen-bond donors (Lipinski definition) is 0. The molecule has 1 aromatic carbocycles. The lowest BCUT2D eigenvalue weighted by molar-refractivity contribution is -0.146. The van der Waals surface area contributed by atoms with E-state index >= 15 is 0 Å². The van der Waals surface area contributed by atoms with Crippen LogP contribution in [-0.2, 0) is 16.0 Å². The first-order chi connectivity index (χ1) is 7.93. The summed E-state index contributed by atoms with van der Waals surface area (Å²) in [6.45, 7) is 5.53. The van der Waals surface area contributed by atoms with Gasteiger partial charge < -0.3 is 9.47 Å². The van der Waals surface area contributed by atoms with E-state index in [0.29, 0.717) is 10.8 Å². The van der Waals surface area contributed by atoms with Crippen LogP contribution >= 0.6 is 11.6 Å². The van der Waals surface area contributed by atoms with Crippen molar-refractivity contribution in [2.75, 3.05) is 7.11 Å². The van der Waals surface area contributed by atoms with Gasteiger partial charge in [-0.2, -0.15) is 0 Å². The number of hydrogen-bond acceptors (Lipinski definition) is 3. The summed E-state index contributed by atoms with van der Waals surface area (Å²) in [5.74, 6) is 0.348. The number of aryl methyl sites for hydroxylation is 1. The Labute approximate surface area is 107 Å². The van der Waals surface area contributed by atoms with E-state index < -0.39 is 0 Å². The Kier molecular flexibility index (Phi) is 4.82. The topological polar surface area (TPSA) is 35.5 Å². The van der Waals surface area contributed by atoms with Crippen LogP contribution in [0.15, 0.2) is 12.1 Å². The van der Waals surface area contributed by atoms with Gasteiger partial charge in [-0.25, -0.2) is 0 Å². The minimum Gasteiger partial charge on any atom is -0.496 e. The molecule has 4 heteroatoms. The fraction of sp³-hybridized carbons (Fsp3) is 0.462. The number of benzene rings is 1. The minimum absolute atomic E-state index is 0.109. The van der Waals surface area contributed by atoms with Crippen LogP contribution in [0.4, 0.5) is 0 Å². The van der Waals surface area contributed by atoms with Gasteiger partial charge in [0.05, 0.1) is 19.6 Å². The molecule has 0 aromatic heterocycles. The number of methoxy groups -OCH3 is 1. The molecule has 1 rings (SSSR count). The van der Waals surface area contributed by atoms with Gasteiger partial charge in [-0.05, 0) is 32.4 Å². The Balaban J connectivity index is 2.90. The van der Waals surface area contributed by atoms with Crippen LogP contribution in [0.25, 0.3) is 0 Å². The van der Waals surface area contributed by atoms with E-state index in [1.165, 1.54) is 0 Å². The van der Waals surface area contributed by atoms with E-state index in [1.807, 2.05) is 26.8 Å². The summed E-state index contributed by atoms with van der Waals surface area (Å²) in [5, 5.41) is 0.628. The molecule has 0 saturated carbocycles. The van der Waals surface area contributed by atoms with Crippen molar-refractivity contribution in [3.8, 4) is 5.75 Å². The monoisotopic (exact) mass is 256 g/mol. The highest BCUT2D eigenvalue weighted by molar-refractivity contribution is 6.31. The normalized spacial score (nSPS) is 10.5. The van der Waals surface area contributed by atoms with Gasteiger partial charge in [0, 0.05) is 10.6 Å². The minimum atomic E-state index is -0.264. The van der Waals surface area contributed by atoms with Crippen LogP contribution in [0.3, 0.4) is 0 Å². The Bertz CT molecular complexity index is 413. The molecule has 0 saturated heterocycles. The second-order valence-corrected chi connectivity index (χ2v) is 4.54. The van der Waals surface area contributed by atoms with Gasteiger partial charge in [0.25, 0.3) is 0 Å². The van der Waals surface area contributed by atoms with Crippen LogP contribution < -0.4 is 4.74 Å². The molecule has 0 radical (unpaired) electrons. The highest BCUT2D eigenvalue weighted by Gasteiger charge is 2.13. The van der Waals surface area contributed by atoms with Crippen molar-refractivity contribution in [2.45, 2.75) is 33.3 Å². The lowest BCUT2D eigenvalue weighted by atomic mass is 10.1. The molecular formula is C13H17ClO3. The van der Waals surface area contributed by atoms with Crippen molar-refractivity contribution in [1.82, 2.24) is 0 Å². The van der Waals surface area contributed by atoms with Gasteiger partial charge in [-0.3, -0.25) is 4.79 Å². The predicted molar refractivity (Wildman–Crippen MR) is 67.7 cm³/mol. The highest BCUT2D eigenvalue weighted by Crippen LogP contribution is 2.27. The predicted octanol–water partition coefficient (Wildman–Crippen LogP) is 3.15. The molecular weight excluding hydrogens is 240 g/mol. The van der Waals surface area contributed by atoms with E-state index in [4.69, 9.17) is 21.1 Å². The van der Waals surface area contributed by atoms with Gasteiger partial charge in [0.1, 0.15) is 5.75 Å². The smallest absolute Gasteiger partial charge is 0.310 e. The molecule has 0 aliphatic carbocycles. The zero-order valence-electron chi connectivity index (χ0n) is 10.5. The highest BCUT2D eigenvalue weighted by atomic mass is 35.5. The molecule has 0 N–H and O–H groups in total. The maximum absolute atomic E-state index is 11.6. The van der Waals surface area contributed by atoms with E-state index in [0.717, 1.165) is 11.1 Å². The van der Waals surface area contributed by atoms with Crippen molar-refractivity contribution in [2.24, 2.45) is 0 Å². The summed E-state index contributed by atoms with van der Waals surface area (Å²) in [6, 6.07) is 3.57. The summed E-state index contributed by atoms with van der Waals surface area (Å²) in [6.07, 6.45) is 0.0845. The van der Waals surface area contributed by atoms with Crippen molar-refractivity contribution in [3.05, 3.63) is 28.3 Å². The Morgan fingerprint density at radius 2 is 2.06 bits per heavy atom. The van der Waals surface area contributed by atoms with Crippen LogP contribution in [-0.4, -0.2) is 19.2 Å². The first-order valence-electron chi connectivity index (χ1n) is 5.46. The third-order valence-electron chi connectivity index (χ3n) is 2.26. The number of carbonyl (C=O) groups is 1. The molecule has 3 nitrogen and oxygen atoms in total. The fourth-order valence-corrected chi connectivity index (χ4v) is 1.66. The third kappa shape index (κ3) is 3.93. The van der Waals surface area contributed by atoms with Crippen LogP contribution in [0.1, 0.15) is 25.0 Å². The molecule has 0 bridgehead atoms. The van der Waals surface area contributed by atoms with Crippen molar-refractivity contribution >= 4 is 17.6 Å². The SMILES string of the molecule is COc1cc(Cl)c(C)cc1CC(=O)OC(C)C. The van der Waals surface area contributed by atoms with E-state index in [9.17, 15) is 4.79 Å². The molecule has 0 amide bonds. The molecule has 0 unspecified atom stereocenters. The molecule has 0 spiro atoms. The maximum Gasteiger partial charge on any atom is 0.310 e. The van der Waals surface area contributed by atoms with E-state index in [1.54, 1.807) is 13.2 Å². The second kappa shape index (κ2) is 5.92. The first-order valence-corrected chi connectivity index (χ1v) is 5.84. The fourth-order valence-electron chi connectivity index (χ4n) is 1.51. The number of rotatable bonds is 4. The molecule has 0 aliphatic heterocycles. The van der Waals surface area contributed by atoms with Crippen molar-refractivity contribution in [1.29, 1.82) is 0 Å². The largest absolute Gasteiger partial charge is 0.496 e. The third-order valence-corrected chi connectivity index (χ3v) is 2.67. The van der Waals surface area contributed by atoms with Crippen LogP contribution in [0, 0.1) is 6.92 Å². The number of esters is 1. The zero-order chi connectivity index (χ0) is 13.0. The summed E-state index contributed by atoms with van der Waals surface area (Å²) >= 11 is 5.99. The van der Waals surface area contributed by atoms with Gasteiger partial charge in [-0.1, -0.05) is 17.7 Å². The summed E-state index contributed by atoms with van der Waals surface area (Å²) in [5.41, 5.74) is 1.71. The standard InChI is InChI=1S/C13H17ClO3/c1-8(2)17-13(15)6-10-5-9(3)11(14)7-12(10)16-4/h5,7-8H,6H2,1-4H3. The number of halogens is 1. The number of ether oxygens (including phenoxy) is 2. The van der Waals surface area contributed by atoms with Gasteiger partial charge >= 0.3 is 5.97 Å². The first kappa shape index (κ1) is 13.8. The molecule has 17 heavy (non-hydrogen) atoms.